The topological polar surface area (TPSA) is 72.5 Å². The zero-order valence-electron chi connectivity index (χ0n) is 12.3. The second-order valence-corrected chi connectivity index (χ2v) is 5.10. The Labute approximate surface area is 128 Å². The van der Waals surface area contributed by atoms with E-state index in [2.05, 4.69) is 0 Å². The first-order valence-electron chi connectivity index (χ1n) is 6.90. The Morgan fingerprint density at radius 3 is 2.55 bits per heavy atom. The van der Waals surface area contributed by atoms with E-state index in [-0.39, 0.29) is 12.2 Å². The molecule has 2 aromatic carbocycles. The molecule has 116 valence electrons. The molecular formula is C17H18FNO3. The van der Waals surface area contributed by atoms with Gasteiger partial charge in [-0.1, -0.05) is 24.3 Å². The lowest BCUT2D eigenvalue weighted by molar-refractivity contribution is -0.137. The van der Waals surface area contributed by atoms with Crippen molar-refractivity contribution in [3.05, 3.63) is 53.8 Å². The van der Waals surface area contributed by atoms with Gasteiger partial charge in [-0.3, -0.25) is 4.79 Å². The van der Waals surface area contributed by atoms with Gasteiger partial charge in [0.1, 0.15) is 11.6 Å². The lowest BCUT2D eigenvalue weighted by atomic mass is 9.99. The Balaban J connectivity index is 2.18. The highest BCUT2D eigenvalue weighted by atomic mass is 19.1. The quantitative estimate of drug-likeness (QED) is 0.860. The molecule has 1 atom stereocenters. The highest BCUT2D eigenvalue weighted by molar-refractivity contribution is 5.70. The number of halogens is 1. The van der Waals surface area contributed by atoms with Gasteiger partial charge in [0.2, 0.25) is 0 Å². The monoisotopic (exact) mass is 303 g/mol. The molecule has 2 aromatic rings. The van der Waals surface area contributed by atoms with Gasteiger partial charge < -0.3 is 15.6 Å². The van der Waals surface area contributed by atoms with Crippen LogP contribution in [0.25, 0.3) is 11.1 Å². The molecule has 0 heterocycles. The lowest BCUT2D eigenvalue weighted by Gasteiger charge is -2.11. The Hall–Kier alpha value is -2.40. The second kappa shape index (κ2) is 7.04. The largest absolute Gasteiger partial charge is 0.496 e. The van der Waals surface area contributed by atoms with Crippen LogP contribution in [0, 0.1) is 5.82 Å². The number of rotatable bonds is 6. The minimum absolute atomic E-state index is 0.0700. The van der Waals surface area contributed by atoms with Crippen LogP contribution in [0.1, 0.15) is 12.0 Å². The van der Waals surface area contributed by atoms with Gasteiger partial charge in [-0.15, -0.1) is 0 Å². The van der Waals surface area contributed by atoms with E-state index >= 15 is 0 Å². The summed E-state index contributed by atoms with van der Waals surface area (Å²) in [5.41, 5.74) is 8.20. The second-order valence-electron chi connectivity index (χ2n) is 5.10. The van der Waals surface area contributed by atoms with Crippen molar-refractivity contribution in [2.45, 2.75) is 18.9 Å². The predicted molar refractivity (Wildman–Crippen MR) is 82.3 cm³/mol. The molecule has 2 rings (SSSR count). The van der Waals surface area contributed by atoms with E-state index in [0.717, 1.165) is 11.1 Å². The van der Waals surface area contributed by atoms with Crippen molar-refractivity contribution in [2.24, 2.45) is 5.73 Å². The number of aliphatic carboxylic acids is 1. The summed E-state index contributed by atoms with van der Waals surface area (Å²) in [6, 6.07) is 11.3. The smallest absolute Gasteiger partial charge is 0.304 e. The zero-order chi connectivity index (χ0) is 16.1. The van der Waals surface area contributed by atoms with E-state index in [1.54, 1.807) is 6.07 Å². The first kappa shape index (κ1) is 16.0. The minimum atomic E-state index is -0.909. The van der Waals surface area contributed by atoms with Crippen molar-refractivity contribution >= 4 is 5.97 Å². The van der Waals surface area contributed by atoms with Gasteiger partial charge in [0.25, 0.3) is 0 Å². The van der Waals surface area contributed by atoms with E-state index in [0.29, 0.717) is 17.7 Å². The maximum absolute atomic E-state index is 13.4. The highest BCUT2D eigenvalue weighted by Gasteiger charge is 2.10. The molecule has 22 heavy (non-hydrogen) atoms. The van der Waals surface area contributed by atoms with Crippen LogP contribution in [0.3, 0.4) is 0 Å². The molecule has 0 unspecified atom stereocenters. The molecule has 0 aliphatic carbocycles. The fraction of sp³-hybridized carbons (Fsp3) is 0.235. The van der Waals surface area contributed by atoms with Crippen molar-refractivity contribution in [2.75, 3.05) is 7.11 Å². The van der Waals surface area contributed by atoms with Crippen LogP contribution in [-0.2, 0) is 11.2 Å². The van der Waals surface area contributed by atoms with Crippen molar-refractivity contribution < 1.29 is 19.0 Å². The van der Waals surface area contributed by atoms with E-state index in [9.17, 15) is 9.18 Å². The standard InChI is InChI=1S/C17H18FNO3/c1-22-16-7-6-13(18)9-15(16)12-4-2-11(3-5-12)8-14(19)10-17(20)21/h2-7,9,14H,8,10,19H2,1H3,(H,20,21)/t14-/m1/s1. The number of carboxylic acid groups (broad SMARTS) is 1. The van der Waals surface area contributed by atoms with E-state index in [1.165, 1.54) is 19.2 Å². The molecule has 3 N–H and O–H groups in total. The first-order valence-corrected chi connectivity index (χ1v) is 6.90. The third kappa shape index (κ3) is 4.05. The fourth-order valence-electron chi connectivity index (χ4n) is 2.33. The number of nitrogens with two attached hydrogens (primary N) is 1. The van der Waals surface area contributed by atoms with Crippen molar-refractivity contribution in [1.82, 2.24) is 0 Å². The maximum atomic E-state index is 13.4. The summed E-state index contributed by atoms with van der Waals surface area (Å²) in [7, 11) is 1.54. The normalized spacial score (nSPS) is 12.0. The molecule has 0 saturated carbocycles. The summed E-state index contributed by atoms with van der Waals surface area (Å²) in [5.74, 6) is -0.645. The molecular weight excluding hydrogens is 285 g/mol. The van der Waals surface area contributed by atoms with Gasteiger partial charge in [-0.2, -0.15) is 0 Å². The third-order valence-corrected chi connectivity index (χ3v) is 3.36. The average Bonchev–Trinajstić information content (AvgIpc) is 2.47. The van der Waals surface area contributed by atoms with Crippen LogP contribution in [0.15, 0.2) is 42.5 Å². The first-order chi connectivity index (χ1) is 10.5. The van der Waals surface area contributed by atoms with Crippen LogP contribution in [-0.4, -0.2) is 24.2 Å². The molecule has 5 heteroatoms. The molecule has 0 bridgehead atoms. The number of benzene rings is 2. The van der Waals surface area contributed by atoms with E-state index < -0.39 is 12.0 Å². The van der Waals surface area contributed by atoms with Crippen LogP contribution in [0.2, 0.25) is 0 Å². The molecule has 0 spiro atoms. The van der Waals surface area contributed by atoms with Gasteiger partial charge in [-0.05, 0) is 35.7 Å². The maximum Gasteiger partial charge on any atom is 0.304 e. The van der Waals surface area contributed by atoms with Crippen molar-refractivity contribution in [1.29, 1.82) is 0 Å². The average molecular weight is 303 g/mol. The lowest BCUT2D eigenvalue weighted by Crippen LogP contribution is -2.26. The fourth-order valence-corrected chi connectivity index (χ4v) is 2.33. The Morgan fingerprint density at radius 2 is 1.95 bits per heavy atom. The van der Waals surface area contributed by atoms with Crippen molar-refractivity contribution in [3.63, 3.8) is 0 Å². The van der Waals surface area contributed by atoms with Gasteiger partial charge in [0.15, 0.2) is 0 Å². The Bertz CT molecular complexity index is 655. The van der Waals surface area contributed by atoms with Gasteiger partial charge in [-0.25, -0.2) is 4.39 Å². The predicted octanol–water partition coefficient (Wildman–Crippen LogP) is 2.85. The number of hydrogen-bond acceptors (Lipinski definition) is 3. The summed E-state index contributed by atoms with van der Waals surface area (Å²) < 4.78 is 18.7. The summed E-state index contributed by atoms with van der Waals surface area (Å²) in [6.07, 6.45) is 0.409. The molecule has 0 aliphatic rings. The van der Waals surface area contributed by atoms with Crippen LogP contribution < -0.4 is 10.5 Å². The number of carbonyl (C=O) groups is 1. The molecule has 0 fully saturated rings. The molecule has 0 amide bonds. The summed E-state index contributed by atoms with van der Waals surface area (Å²) in [4.78, 5) is 10.6. The SMILES string of the molecule is COc1ccc(F)cc1-c1ccc(C[C@@H](N)CC(=O)O)cc1. The van der Waals surface area contributed by atoms with Crippen LogP contribution in [0.4, 0.5) is 4.39 Å². The number of ether oxygens (including phenoxy) is 1. The molecule has 4 nitrogen and oxygen atoms in total. The minimum Gasteiger partial charge on any atom is -0.496 e. The van der Waals surface area contributed by atoms with Crippen molar-refractivity contribution in [3.8, 4) is 16.9 Å². The zero-order valence-corrected chi connectivity index (χ0v) is 12.3. The molecule has 0 aliphatic heterocycles. The summed E-state index contributed by atoms with van der Waals surface area (Å²) >= 11 is 0. The highest BCUT2D eigenvalue weighted by Crippen LogP contribution is 2.30. The molecule has 0 saturated heterocycles. The summed E-state index contributed by atoms with van der Waals surface area (Å²) in [6.45, 7) is 0. The van der Waals surface area contributed by atoms with E-state index in [1.807, 2.05) is 24.3 Å². The number of carboxylic acids is 1. The number of hydrogen-bond donors (Lipinski definition) is 2. The summed E-state index contributed by atoms with van der Waals surface area (Å²) in [5, 5.41) is 8.71. The molecule has 0 radical (unpaired) electrons. The molecule has 0 aromatic heterocycles. The van der Waals surface area contributed by atoms with Crippen LogP contribution in [0.5, 0.6) is 5.75 Å². The Kier molecular flexibility index (Phi) is 5.12. The van der Waals surface area contributed by atoms with Gasteiger partial charge >= 0.3 is 5.97 Å². The van der Waals surface area contributed by atoms with Gasteiger partial charge in [0.05, 0.1) is 13.5 Å². The Morgan fingerprint density at radius 1 is 1.27 bits per heavy atom. The van der Waals surface area contributed by atoms with Gasteiger partial charge in [0, 0.05) is 11.6 Å². The number of methoxy groups -OCH3 is 1. The van der Waals surface area contributed by atoms with E-state index in [4.69, 9.17) is 15.6 Å². The van der Waals surface area contributed by atoms with Crippen LogP contribution >= 0.6 is 0 Å². The third-order valence-electron chi connectivity index (χ3n) is 3.36.